The van der Waals surface area contributed by atoms with Crippen molar-refractivity contribution >= 4 is 28.9 Å². The minimum absolute atomic E-state index is 0.186. The highest BCUT2D eigenvalue weighted by Gasteiger charge is 2.16. The summed E-state index contributed by atoms with van der Waals surface area (Å²) in [4.78, 5) is 12.2. The smallest absolute Gasteiger partial charge is 0.227 e. The Morgan fingerprint density at radius 3 is 2.59 bits per heavy atom. The zero-order valence-electron chi connectivity index (χ0n) is 12.0. The van der Waals surface area contributed by atoms with Gasteiger partial charge in [-0.05, 0) is 42.3 Å². The molecular formula is C16H17ClN2O3. The first-order valence-electron chi connectivity index (χ1n) is 6.73. The maximum absolute atomic E-state index is 12.2. The van der Waals surface area contributed by atoms with Crippen LogP contribution < -0.4 is 11.1 Å². The van der Waals surface area contributed by atoms with Crippen LogP contribution in [0, 0.1) is 5.92 Å². The Bertz CT molecular complexity index is 704. The molecule has 0 aromatic heterocycles. The first-order valence-corrected chi connectivity index (χ1v) is 7.11. The maximum atomic E-state index is 12.2. The predicted octanol–water partition coefficient (Wildman–Crippen LogP) is 3.15. The minimum atomic E-state index is -0.336. The number of hydrogen-bond donors (Lipinski definition) is 4. The molecule has 2 rings (SSSR count). The van der Waals surface area contributed by atoms with E-state index in [1.165, 1.54) is 12.1 Å². The number of phenolic OH excluding ortho intramolecular Hbond substituents is 2. The monoisotopic (exact) mass is 320 g/mol. The van der Waals surface area contributed by atoms with Gasteiger partial charge in [-0.25, -0.2) is 0 Å². The number of benzene rings is 2. The van der Waals surface area contributed by atoms with Gasteiger partial charge < -0.3 is 21.3 Å². The fourth-order valence-corrected chi connectivity index (χ4v) is 2.27. The highest BCUT2D eigenvalue weighted by Crippen LogP contribution is 2.27. The second kappa shape index (κ2) is 6.58. The third-order valence-corrected chi connectivity index (χ3v) is 3.59. The summed E-state index contributed by atoms with van der Waals surface area (Å²) < 4.78 is 0. The van der Waals surface area contributed by atoms with Crippen LogP contribution in [0.15, 0.2) is 36.4 Å². The molecule has 0 saturated heterocycles. The zero-order valence-corrected chi connectivity index (χ0v) is 12.8. The summed E-state index contributed by atoms with van der Waals surface area (Å²) in [5, 5.41) is 21.9. The Labute approximate surface area is 133 Å². The van der Waals surface area contributed by atoms with Crippen LogP contribution in [0.4, 0.5) is 11.4 Å². The van der Waals surface area contributed by atoms with E-state index in [1.807, 2.05) is 0 Å². The Hall–Kier alpha value is -2.40. The van der Waals surface area contributed by atoms with Crippen LogP contribution >= 0.6 is 11.6 Å². The van der Waals surface area contributed by atoms with E-state index in [2.05, 4.69) is 5.32 Å². The summed E-state index contributed by atoms with van der Waals surface area (Å²) in [6.07, 6.45) is 0.423. The van der Waals surface area contributed by atoms with Gasteiger partial charge in [-0.2, -0.15) is 0 Å². The SMILES string of the molecule is CC(Cc1ccc(O)c(O)c1)C(=O)Nc1ccc(N)cc1Cl. The van der Waals surface area contributed by atoms with Crippen LogP contribution in [0.5, 0.6) is 11.5 Å². The summed E-state index contributed by atoms with van der Waals surface area (Å²) in [5.41, 5.74) is 7.38. The largest absolute Gasteiger partial charge is 0.504 e. The molecule has 0 heterocycles. The number of aromatic hydroxyl groups is 2. The molecule has 0 aliphatic carbocycles. The summed E-state index contributed by atoms with van der Waals surface area (Å²) in [6, 6.07) is 9.37. The van der Waals surface area contributed by atoms with E-state index in [9.17, 15) is 15.0 Å². The van der Waals surface area contributed by atoms with Gasteiger partial charge in [0.15, 0.2) is 11.5 Å². The molecule has 5 nitrogen and oxygen atoms in total. The van der Waals surface area contributed by atoms with Gasteiger partial charge >= 0.3 is 0 Å². The lowest BCUT2D eigenvalue weighted by atomic mass is 10.00. The molecule has 1 atom stereocenters. The van der Waals surface area contributed by atoms with E-state index in [-0.39, 0.29) is 23.3 Å². The van der Waals surface area contributed by atoms with Crippen molar-refractivity contribution in [2.45, 2.75) is 13.3 Å². The number of anilines is 2. The van der Waals surface area contributed by atoms with E-state index in [0.717, 1.165) is 5.56 Å². The van der Waals surface area contributed by atoms with E-state index in [4.69, 9.17) is 17.3 Å². The molecule has 6 heteroatoms. The molecule has 0 fully saturated rings. The van der Waals surface area contributed by atoms with Crippen molar-refractivity contribution in [3.63, 3.8) is 0 Å². The fraction of sp³-hybridized carbons (Fsp3) is 0.188. The van der Waals surface area contributed by atoms with Crippen molar-refractivity contribution in [3.05, 3.63) is 47.0 Å². The molecule has 0 spiro atoms. The molecule has 2 aromatic carbocycles. The van der Waals surface area contributed by atoms with E-state index >= 15 is 0 Å². The van der Waals surface area contributed by atoms with Gasteiger partial charge in [-0.15, -0.1) is 0 Å². The average Bonchev–Trinajstić information content (AvgIpc) is 2.45. The van der Waals surface area contributed by atoms with Crippen molar-refractivity contribution in [2.75, 3.05) is 11.1 Å². The average molecular weight is 321 g/mol. The first-order chi connectivity index (χ1) is 10.4. The summed E-state index contributed by atoms with van der Waals surface area (Å²) >= 11 is 6.02. The Balaban J connectivity index is 2.04. The third-order valence-electron chi connectivity index (χ3n) is 3.28. The Morgan fingerprint density at radius 1 is 1.23 bits per heavy atom. The fourth-order valence-electron chi connectivity index (χ4n) is 2.03. The van der Waals surface area contributed by atoms with Crippen molar-refractivity contribution in [1.29, 1.82) is 0 Å². The van der Waals surface area contributed by atoms with Crippen LogP contribution in [0.25, 0.3) is 0 Å². The van der Waals surface area contributed by atoms with Crippen LogP contribution in [0.2, 0.25) is 5.02 Å². The number of nitrogen functional groups attached to an aromatic ring is 1. The number of nitrogens with one attached hydrogen (secondary N) is 1. The predicted molar refractivity (Wildman–Crippen MR) is 87.1 cm³/mol. The number of nitrogens with two attached hydrogens (primary N) is 1. The molecule has 0 aliphatic rings. The second-order valence-corrected chi connectivity index (χ2v) is 5.56. The molecule has 5 N–H and O–H groups in total. The third kappa shape index (κ3) is 3.83. The lowest BCUT2D eigenvalue weighted by Crippen LogP contribution is -2.22. The summed E-state index contributed by atoms with van der Waals surface area (Å²) in [6.45, 7) is 1.77. The number of amides is 1. The van der Waals surface area contributed by atoms with E-state index < -0.39 is 0 Å². The van der Waals surface area contributed by atoms with Crippen molar-refractivity contribution in [3.8, 4) is 11.5 Å². The zero-order chi connectivity index (χ0) is 16.3. The van der Waals surface area contributed by atoms with Crippen LogP contribution in [0.1, 0.15) is 12.5 Å². The first kappa shape index (κ1) is 16.0. The van der Waals surface area contributed by atoms with Crippen LogP contribution in [-0.2, 0) is 11.2 Å². The lowest BCUT2D eigenvalue weighted by Gasteiger charge is -2.14. The minimum Gasteiger partial charge on any atom is -0.504 e. The highest BCUT2D eigenvalue weighted by molar-refractivity contribution is 6.34. The molecule has 0 radical (unpaired) electrons. The normalized spacial score (nSPS) is 11.9. The number of phenols is 2. The van der Waals surface area contributed by atoms with Crippen molar-refractivity contribution < 1.29 is 15.0 Å². The highest BCUT2D eigenvalue weighted by atomic mass is 35.5. The number of rotatable bonds is 4. The summed E-state index contributed by atoms with van der Waals surface area (Å²) in [7, 11) is 0. The quantitative estimate of drug-likeness (QED) is 0.514. The van der Waals surface area contributed by atoms with Gasteiger partial charge in [0, 0.05) is 11.6 Å². The Morgan fingerprint density at radius 2 is 1.95 bits per heavy atom. The van der Waals surface area contributed by atoms with E-state index in [0.29, 0.717) is 22.8 Å². The molecule has 2 aromatic rings. The van der Waals surface area contributed by atoms with Crippen LogP contribution in [0.3, 0.4) is 0 Å². The standard InChI is InChI=1S/C16H17ClN2O3/c1-9(6-10-2-5-14(20)15(21)7-10)16(22)19-13-4-3-11(18)8-12(13)17/h2-5,7-9,20-21H,6,18H2,1H3,(H,19,22). The van der Waals surface area contributed by atoms with Crippen molar-refractivity contribution in [2.24, 2.45) is 5.92 Å². The second-order valence-electron chi connectivity index (χ2n) is 5.16. The molecule has 0 bridgehead atoms. The molecule has 22 heavy (non-hydrogen) atoms. The number of hydrogen-bond acceptors (Lipinski definition) is 4. The molecule has 0 saturated carbocycles. The van der Waals surface area contributed by atoms with E-state index in [1.54, 1.807) is 31.2 Å². The summed E-state index contributed by atoms with van der Waals surface area (Å²) in [5.74, 6) is -0.919. The van der Waals surface area contributed by atoms with Crippen molar-refractivity contribution in [1.82, 2.24) is 0 Å². The molecule has 0 aliphatic heterocycles. The molecular weight excluding hydrogens is 304 g/mol. The lowest BCUT2D eigenvalue weighted by molar-refractivity contribution is -0.119. The number of carbonyl (C=O) groups is 1. The maximum Gasteiger partial charge on any atom is 0.227 e. The van der Waals surface area contributed by atoms with Gasteiger partial charge in [-0.1, -0.05) is 24.6 Å². The van der Waals surface area contributed by atoms with Gasteiger partial charge in [0.25, 0.3) is 0 Å². The number of halogens is 1. The van der Waals surface area contributed by atoms with Crippen LogP contribution in [-0.4, -0.2) is 16.1 Å². The van der Waals surface area contributed by atoms with Gasteiger partial charge in [0.05, 0.1) is 10.7 Å². The topological polar surface area (TPSA) is 95.6 Å². The van der Waals surface area contributed by atoms with Gasteiger partial charge in [-0.3, -0.25) is 4.79 Å². The Kier molecular flexibility index (Phi) is 4.78. The number of carbonyl (C=O) groups excluding carboxylic acids is 1. The molecule has 1 amide bonds. The van der Waals surface area contributed by atoms with Gasteiger partial charge in [0.1, 0.15) is 0 Å². The van der Waals surface area contributed by atoms with Gasteiger partial charge in [0.2, 0.25) is 5.91 Å². The molecule has 116 valence electrons. The molecule has 1 unspecified atom stereocenters.